The van der Waals surface area contributed by atoms with Crippen LogP contribution in [0.4, 0.5) is 0 Å². The minimum Gasteiger partial charge on any atom is -0.508 e. The Bertz CT molecular complexity index is 700. The number of hydrogen-bond acceptors (Lipinski definition) is 3. The molecule has 0 saturated carbocycles. The summed E-state index contributed by atoms with van der Waals surface area (Å²) in [7, 11) is 0. The van der Waals surface area contributed by atoms with Crippen LogP contribution in [0.5, 0.6) is 5.75 Å². The highest BCUT2D eigenvalue weighted by Gasteiger charge is 2.02. The Hall–Kier alpha value is -2.04. The molecule has 1 amide bonds. The molecule has 0 fully saturated rings. The van der Waals surface area contributed by atoms with Gasteiger partial charge >= 0.3 is 0 Å². The molecule has 2 N–H and O–H groups in total. The Labute approximate surface area is 144 Å². The maximum absolute atomic E-state index is 11.7. The lowest BCUT2D eigenvalue weighted by Crippen LogP contribution is -2.17. The number of hydrazone groups is 1. The number of amides is 1. The number of phenolic OH excluding ortho intramolecular Hbond substituents is 1. The SMILES string of the molecule is O=C(CCCc1ccc(O)cc1)N/N=C\c1ccc(Cl)cc1Cl. The first-order chi connectivity index (χ1) is 11.0. The van der Waals surface area contributed by atoms with E-state index < -0.39 is 0 Å². The van der Waals surface area contributed by atoms with Crippen LogP contribution in [0.25, 0.3) is 0 Å². The van der Waals surface area contributed by atoms with Crippen LogP contribution in [0.1, 0.15) is 24.0 Å². The van der Waals surface area contributed by atoms with E-state index in [-0.39, 0.29) is 11.7 Å². The molecule has 4 nitrogen and oxygen atoms in total. The number of benzene rings is 2. The van der Waals surface area contributed by atoms with Crippen LogP contribution in [0.2, 0.25) is 10.0 Å². The van der Waals surface area contributed by atoms with Gasteiger partial charge in [0.2, 0.25) is 5.91 Å². The molecule has 0 radical (unpaired) electrons. The molecule has 2 aromatic rings. The molecule has 0 aromatic heterocycles. The van der Waals surface area contributed by atoms with Crippen LogP contribution < -0.4 is 5.43 Å². The maximum Gasteiger partial charge on any atom is 0.240 e. The van der Waals surface area contributed by atoms with Crippen molar-refractivity contribution in [3.63, 3.8) is 0 Å². The average Bonchev–Trinajstić information content (AvgIpc) is 2.51. The summed E-state index contributed by atoms with van der Waals surface area (Å²) in [6.07, 6.45) is 3.32. The lowest BCUT2D eigenvalue weighted by molar-refractivity contribution is -0.121. The number of halogens is 2. The minimum absolute atomic E-state index is 0.162. The monoisotopic (exact) mass is 350 g/mol. The van der Waals surface area contributed by atoms with Crippen LogP contribution in [-0.2, 0) is 11.2 Å². The second-order valence-electron chi connectivity index (χ2n) is 4.98. The van der Waals surface area contributed by atoms with Gasteiger partial charge in [-0.15, -0.1) is 0 Å². The molecule has 6 heteroatoms. The molecule has 2 aromatic carbocycles. The van der Waals surface area contributed by atoms with Gasteiger partial charge in [-0.05, 0) is 42.7 Å². The van der Waals surface area contributed by atoms with Crippen LogP contribution >= 0.6 is 23.2 Å². The first-order valence-corrected chi connectivity index (χ1v) is 7.85. The molecule has 120 valence electrons. The van der Waals surface area contributed by atoms with E-state index in [0.29, 0.717) is 28.5 Å². The third-order valence-electron chi connectivity index (χ3n) is 3.16. The largest absolute Gasteiger partial charge is 0.508 e. The van der Waals surface area contributed by atoms with E-state index in [1.54, 1.807) is 30.3 Å². The van der Waals surface area contributed by atoms with Crippen molar-refractivity contribution in [3.05, 3.63) is 63.6 Å². The van der Waals surface area contributed by atoms with Gasteiger partial charge in [0, 0.05) is 17.0 Å². The Morgan fingerprint density at radius 2 is 1.91 bits per heavy atom. The van der Waals surface area contributed by atoms with Crippen molar-refractivity contribution in [2.24, 2.45) is 5.10 Å². The molecule has 0 heterocycles. The van der Waals surface area contributed by atoms with Gasteiger partial charge in [0.15, 0.2) is 0 Å². The molecule has 0 saturated heterocycles. The number of aromatic hydroxyl groups is 1. The second kappa shape index (κ2) is 8.56. The van der Waals surface area contributed by atoms with Gasteiger partial charge in [-0.2, -0.15) is 5.10 Å². The molecule has 0 spiro atoms. The van der Waals surface area contributed by atoms with E-state index in [2.05, 4.69) is 10.5 Å². The molecule has 0 aliphatic carbocycles. The average molecular weight is 351 g/mol. The van der Waals surface area contributed by atoms with Crippen molar-refractivity contribution in [2.45, 2.75) is 19.3 Å². The molecular weight excluding hydrogens is 335 g/mol. The number of carbonyl (C=O) groups is 1. The number of carbonyl (C=O) groups excluding carboxylic acids is 1. The second-order valence-corrected chi connectivity index (χ2v) is 5.82. The third kappa shape index (κ3) is 5.93. The van der Waals surface area contributed by atoms with Gasteiger partial charge in [-0.3, -0.25) is 4.79 Å². The normalized spacial score (nSPS) is 10.9. The van der Waals surface area contributed by atoms with E-state index in [0.717, 1.165) is 12.0 Å². The lowest BCUT2D eigenvalue weighted by atomic mass is 10.1. The van der Waals surface area contributed by atoms with Crippen molar-refractivity contribution in [1.29, 1.82) is 0 Å². The van der Waals surface area contributed by atoms with Gasteiger partial charge in [0.25, 0.3) is 0 Å². The van der Waals surface area contributed by atoms with Crippen LogP contribution in [0.3, 0.4) is 0 Å². The number of nitrogens with zero attached hydrogens (tertiary/aromatic N) is 1. The Morgan fingerprint density at radius 3 is 2.61 bits per heavy atom. The smallest absolute Gasteiger partial charge is 0.240 e. The van der Waals surface area contributed by atoms with Crippen molar-refractivity contribution < 1.29 is 9.90 Å². The van der Waals surface area contributed by atoms with Crippen molar-refractivity contribution >= 4 is 35.3 Å². The lowest BCUT2D eigenvalue weighted by Gasteiger charge is -2.02. The molecule has 0 bridgehead atoms. The molecule has 0 atom stereocenters. The van der Waals surface area contributed by atoms with E-state index in [9.17, 15) is 9.90 Å². The summed E-state index contributed by atoms with van der Waals surface area (Å²) in [6, 6.07) is 12.0. The van der Waals surface area contributed by atoms with Crippen molar-refractivity contribution in [1.82, 2.24) is 5.43 Å². The van der Waals surface area contributed by atoms with E-state index >= 15 is 0 Å². The summed E-state index contributed by atoms with van der Waals surface area (Å²) in [5, 5.41) is 14.1. The van der Waals surface area contributed by atoms with Crippen molar-refractivity contribution in [2.75, 3.05) is 0 Å². The van der Waals surface area contributed by atoms with Crippen LogP contribution in [-0.4, -0.2) is 17.2 Å². The third-order valence-corrected chi connectivity index (χ3v) is 3.72. The first-order valence-electron chi connectivity index (χ1n) is 7.09. The number of phenols is 1. The molecule has 0 aliphatic heterocycles. The summed E-state index contributed by atoms with van der Waals surface area (Å²) in [4.78, 5) is 11.7. The van der Waals surface area contributed by atoms with E-state index in [1.165, 1.54) is 6.21 Å². The highest BCUT2D eigenvalue weighted by Crippen LogP contribution is 2.19. The van der Waals surface area contributed by atoms with Crippen LogP contribution in [0, 0.1) is 0 Å². The number of rotatable bonds is 6. The Morgan fingerprint density at radius 1 is 1.17 bits per heavy atom. The minimum atomic E-state index is -0.162. The number of aryl methyl sites for hydroxylation is 1. The van der Waals surface area contributed by atoms with E-state index in [1.807, 2.05) is 12.1 Å². The van der Waals surface area contributed by atoms with Crippen molar-refractivity contribution in [3.8, 4) is 5.75 Å². The zero-order chi connectivity index (χ0) is 16.7. The molecule has 0 aliphatic rings. The zero-order valence-electron chi connectivity index (χ0n) is 12.3. The number of hydrogen-bond donors (Lipinski definition) is 2. The quantitative estimate of drug-likeness (QED) is 0.606. The highest BCUT2D eigenvalue weighted by molar-refractivity contribution is 6.36. The van der Waals surface area contributed by atoms with Gasteiger partial charge in [0.05, 0.1) is 11.2 Å². The Kier molecular flexibility index (Phi) is 6.44. The summed E-state index contributed by atoms with van der Waals surface area (Å²) >= 11 is 11.8. The summed E-state index contributed by atoms with van der Waals surface area (Å²) in [6.45, 7) is 0. The molecule has 2 rings (SSSR count). The Balaban J connectivity index is 1.74. The zero-order valence-corrected chi connectivity index (χ0v) is 13.8. The standard InChI is InChI=1S/C17H16Cl2N2O2/c18-14-7-6-13(16(19)10-14)11-20-21-17(23)3-1-2-12-4-8-15(22)9-5-12/h4-11,22H,1-3H2,(H,21,23)/b20-11-. The summed E-state index contributed by atoms with van der Waals surface area (Å²) < 4.78 is 0. The predicted octanol–water partition coefficient (Wildman–Crippen LogP) is 4.17. The summed E-state index contributed by atoms with van der Waals surface area (Å²) in [5.41, 5.74) is 4.22. The van der Waals surface area contributed by atoms with Crippen LogP contribution in [0.15, 0.2) is 47.6 Å². The fraction of sp³-hybridized carbons (Fsp3) is 0.176. The van der Waals surface area contributed by atoms with Gasteiger partial charge in [0.1, 0.15) is 5.75 Å². The highest BCUT2D eigenvalue weighted by atomic mass is 35.5. The van der Waals surface area contributed by atoms with Gasteiger partial charge in [-0.1, -0.05) is 41.4 Å². The number of nitrogens with one attached hydrogen (secondary N) is 1. The molecular formula is C17H16Cl2N2O2. The van der Waals surface area contributed by atoms with Gasteiger partial charge < -0.3 is 5.11 Å². The fourth-order valence-electron chi connectivity index (χ4n) is 1.95. The van der Waals surface area contributed by atoms with Gasteiger partial charge in [-0.25, -0.2) is 5.43 Å². The molecule has 23 heavy (non-hydrogen) atoms. The first kappa shape index (κ1) is 17.3. The predicted molar refractivity (Wildman–Crippen MR) is 93.2 cm³/mol. The fourth-order valence-corrected chi connectivity index (χ4v) is 2.41. The topological polar surface area (TPSA) is 61.7 Å². The van der Waals surface area contributed by atoms with E-state index in [4.69, 9.17) is 23.2 Å². The molecule has 0 unspecified atom stereocenters. The maximum atomic E-state index is 11.7. The summed E-state index contributed by atoms with van der Waals surface area (Å²) in [5.74, 6) is 0.0757.